The van der Waals surface area contributed by atoms with Gasteiger partial charge in [-0.2, -0.15) is 0 Å². The van der Waals surface area contributed by atoms with Crippen molar-refractivity contribution in [3.8, 4) is 11.1 Å². The summed E-state index contributed by atoms with van der Waals surface area (Å²) in [7, 11) is -1.53. The van der Waals surface area contributed by atoms with E-state index in [0.29, 0.717) is 5.46 Å². The number of hydrogen-bond acceptors (Lipinski definition) is 2. The van der Waals surface area contributed by atoms with Crippen LogP contribution in [0.5, 0.6) is 0 Å². The molecule has 1 aliphatic carbocycles. The van der Waals surface area contributed by atoms with E-state index < -0.39 is 12.5 Å². The van der Waals surface area contributed by atoms with Crippen LogP contribution in [0.1, 0.15) is 22.3 Å². The van der Waals surface area contributed by atoms with Crippen molar-refractivity contribution >= 4 is 23.4 Å². The van der Waals surface area contributed by atoms with Crippen LogP contribution < -0.4 is 5.46 Å². The molecule has 0 saturated heterocycles. The molecule has 2 N–H and O–H groups in total. The normalized spacial score (nSPS) is 13.6. The van der Waals surface area contributed by atoms with E-state index in [2.05, 4.69) is 78.9 Å². The van der Waals surface area contributed by atoms with E-state index in [1.54, 1.807) is 0 Å². The van der Waals surface area contributed by atoms with Crippen molar-refractivity contribution in [1.82, 2.24) is 0 Å². The molecule has 0 radical (unpaired) electrons. The second-order valence-corrected chi connectivity index (χ2v) is 8.33. The van der Waals surface area contributed by atoms with Crippen molar-refractivity contribution in [1.29, 1.82) is 0 Å². The lowest BCUT2D eigenvalue weighted by Crippen LogP contribution is -2.35. The van der Waals surface area contributed by atoms with E-state index in [9.17, 15) is 10.0 Å². The summed E-state index contributed by atoms with van der Waals surface area (Å²) in [6.07, 6.45) is 0. The highest BCUT2D eigenvalue weighted by molar-refractivity contribution is 6.62. The molecule has 5 aromatic carbocycles. The van der Waals surface area contributed by atoms with E-state index in [1.165, 1.54) is 22.3 Å². The minimum atomic E-state index is -1.53. The number of rotatable bonds is 3. The molecule has 0 fully saturated rings. The molecule has 5 aromatic rings. The molecule has 2 nitrogen and oxygen atoms in total. The van der Waals surface area contributed by atoms with Gasteiger partial charge in [0.1, 0.15) is 0 Å². The maximum absolute atomic E-state index is 10.1. The molecule has 0 aliphatic heterocycles. The first-order valence-corrected chi connectivity index (χ1v) is 10.9. The minimum absolute atomic E-state index is 0.523. The summed E-state index contributed by atoms with van der Waals surface area (Å²) in [6, 6.07) is 39.9. The van der Waals surface area contributed by atoms with Gasteiger partial charge in [-0.15, -0.1) is 0 Å². The van der Waals surface area contributed by atoms with Crippen LogP contribution in [0.2, 0.25) is 0 Å². The Bertz CT molecular complexity index is 1400. The highest BCUT2D eigenvalue weighted by atomic mass is 16.4. The second kappa shape index (κ2) is 7.20. The van der Waals surface area contributed by atoms with Crippen molar-refractivity contribution in [2.45, 2.75) is 5.41 Å². The first kappa shape index (κ1) is 19.1. The second-order valence-electron chi connectivity index (χ2n) is 8.33. The van der Waals surface area contributed by atoms with E-state index in [-0.39, 0.29) is 0 Å². The van der Waals surface area contributed by atoms with Crippen molar-refractivity contribution in [3.63, 3.8) is 0 Å². The number of benzene rings is 5. The molecule has 0 saturated carbocycles. The number of fused-ring (bicyclic) bond motifs is 2. The largest absolute Gasteiger partial charge is 0.489 e. The summed E-state index contributed by atoms with van der Waals surface area (Å²) in [5.74, 6) is 0. The molecule has 0 atom stereocenters. The fourth-order valence-electron chi connectivity index (χ4n) is 5.55. The third-order valence-electron chi connectivity index (χ3n) is 6.79. The molecule has 0 aromatic heterocycles. The first-order chi connectivity index (χ1) is 15.7. The van der Waals surface area contributed by atoms with E-state index in [1.807, 2.05) is 36.4 Å². The van der Waals surface area contributed by atoms with E-state index in [0.717, 1.165) is 21.9 Å². The van der Waals surface area contributed by atoms with Gasteiger partial charge in [0.2, 0.25) is 0 Å². The smallest absolute Gasteiger partial charge is 0.423 e. The van der Waals surface area contributed by atoms with Crippen LogP contribution in [-0.4, -0.2) is 17.2 Å². The Balaban J connectivity index is 1.88. The molecular formula is C29H21BO2. The van der Waals surface area contributed by atoms with Gasteiger partial charge in [-0.25, -0.2) is 0 Å². The third-order valence-corrected chi connectivity index (χ3v) is 6.79. The van der Waals surface area contributed by atoms with Gasteiger partial charge in [-0.1, -0.05) is 115 Å². The quantitative estimate of drug-likeness (QED) is 0.407. The first-order valence-electron chi connectivity index (χ1n) is 10.9. The fraction of sp³-hybridized carbons (Fsp3) is 0.0345. The predicted molar refractivity (Wildman–Crippen MR) is 131 cm³/mol. The molecule has 0 unspecified atom stereocenters. The third kappa shape index (κ3) is 2.50. The van der Waals surface area contributed by atoms with Crippen molar-refractivity contribution in [2.24, 2.45) is 0 Å². The predicted octanol–water partition coefficient (Wildman–Crippen LogP) is 4.88. The van der Waals surface area contributed by atoms with Crippen LogP contribution in [0, 0.1) is 0 Å². The molecule has 1 aliphatic rings. The average molecular weight is 412 g/mol. The van der Waals surface area contributed by atoms with Gasteiger partial charge in [0.15, 0.2) is 0 Å². The highest BCUT2D eigenvalue weighted by Gasteiger charge is 2.44. The zero-order valence-corrected chi connectivity index (χ0v) is 17.4. The Kier molecular flexibility index (Phi) is 4.29. The molecule has 0 bridgehead atoms. The van der Waals surface area contributed by atoms with Crippen LogP contribution >= 0.6 is 0 Å². The van der Waals surface area contributed by atoms with Crippen molar-refractivity contribution < 1.29 is 10.0 Å². The molecule has 32 heavy (non-hydrogen) atoms. The molecule has 3 heteroatoms. The molecule has 0 amide bonds. The Hall–Kier alpha value is -3.66. The summed E-state index contributed by atoms with van der Waals surface area (Å²) < 4.78 is 0. The van der Waals surface area contributed by atoms with Gasteiger partial charge in [0.05, 0.1) is 5.41 Å². The monoisotopic (exact) mass is 412 g/mol. The maximum Gasteiger partial charge on any atom is 0.489 e. The molecule has 0 spiro atoms. The van der Waals surface area contributed by atoms with Crippen molar-refractivity contribution in [3.05, 3.63) is 138 Å². The van der Waals surface area contributed by atoms with Gasteiger partial charge in [-0.05, 0) is 49.6 Å². The van der Waals surface area contributed by atoms with Gasteiger partial charge in [0, 0.05) is 0 Å². The lowest BCUT2D eigenvalue weighted by Gasteiger charge is -2.42. The standard InChI is InChI=1S/C29H21BO2/c31-30(32)27-19-18-23-22-14-7-8-16-25(22)29(20-10-3-1-4-11-20,21-12-5-2-6-13-21)26-17-9-15-24(27)28(23)26/h1-19,31-32H. The Morgan fingerprint density at radius 3 is 1.75 bits per heavy atom. The molecule has 152 valence electrons. The highest BCUT2D eigenvalue weighted by Crippen LogP contribution is 2.54. The SMILES string of the molecule is OB(O)c1ccc2c3c(cccc13)C(c1ccccc1)(c1ccccc1)c1ccccc1-2. The Morgan fingerprint density at radius 2 is 1.09 bits per heavy atom. The summed E-state index contributed by atoms with van der Waals surface area (Å²) in [5.41, 5.74) is 7.06. The zero-order valence-electron chi connectivity index (χ0n) is 17.4. The zero-order chi connectivity index (χ0) is 21.7. The lowest BCUT2D eigenvalue weighted by atomic mass is 9.59. The van der Waals surface area contributed by atoms with E-state index >= 15 is 0 Å². The maximum atomic E-state index is 10.1. The van der Waals surface area contributed by atoms with Gasteiger partial charge >= 0.3 is 7.12 Å². The number of hydrogen-bond donors (Lipinski definition) is 2. The van der Waals surface area contributed by atoms with Gasteiger partial charge < -0.3 is 10.0 Å². The van der Waals surface area contributed by atoms with Crippen molar-refractivity contribution in [2.75, 3.05) is 0 Å². The Morgan fingerprint density at radius 1 is 0.500 bits per heavy atom. The topological polar surface area (TPSA) is 40.5 Å². The van der Waals surface area contributed by atoms with Crippen LogP contribution in [0.4, 0.5) is 0 Å². The van der Waals surface area contributed by atoms with E-state index in [4.69, 9.17) is 0 Å². The van der Waals surface area contributed by atoms with Crippen LogP contribution in [-0.2, 0) is 5.41 Å². The van der Waals surface area contributed by atoms with Crippen LogP contribution in [0.15, 0.2) is 115 Å². The fourth-order valence-corrected chi connectivity index (χ4v) is 5.55. The van der Waals surface area contributed by atoms with Gasteiger partial charge in [0.25, 0.3) is 0 Å². The molecule has 6 rings (SSSR count). The average Bonchev–Trinajstić information content (AvgIpc) is 2.85. The van der Waals surface area contributed by atoms with Crippen LogP contribution in [0.25, 0.3) is 21.9 Å². The molecule has 0 heterocycles. The summed E-state index contributed by atoms with van der Waals surface area (Å²) in [4.78, 5) is 0. The van der Waals surface area contributed by atoms with Crippen LogP contribution in [0.3, 0.4) is 0 Å². The summed E-state index contributed by atoms with van der Waals surface area (Å²) in [5, 5.41) is 22.2. The van der Waals surface area contributed by atoms with Gasteiger partial charge in [-0.3, -0.25) is 0 Å². The molecular weight excluding hydrogens is 391 g/mol. The Labute approximate surface area is 187 Å². The summed E-state index contributed by atoms with van der Waals surface area (Å²) >= 11 is 0. The summed E-state index contributed by atoms with van der Waals surface area (Å²) in [6.45, 7) is 0. The lowest BCUT2D eigenvalue weighted by molar-refractivity contribution is 0.426. The minimum Gasteiger partial charge on any atom is -0.423 e.